The summed E-state index contributed by atoms with van der Waals surface area (Å²) in [6.07, 6.45) is -1.46. The predicted molar refractivity (Wildman–Crippen MR) is 64.8 cm³/mol. The summed E-state index contributed by atoms with van der Waals surface area (Å²) in [5.74, 6) is -0.523. The molecule has 0 amide bonds. The van der Waals surface area contributed by atoms with Crippen molar-refractivity contribution in [3.8, 4) is 0 Å². The Balaban J connectivity index is 2.26. The molecule has 1 saturated heterocycles. The number of hydrogen-bond donors (Lipinski definition) is 0. The van der Waals surface area contributed by atoms with Crippen molar-refractivity contribution >= 4 is 35.0 Å². The molecule has 0 aliphatic carbocycles. The molecule has 0 spiro atoms. The van der Waals surface area contributed by atoms with Gasteiger partial charge in [0.05, 0.1) is 7.11 Å². The Hall–Kier alpha value is -1.33. The molecular formula is C11H9ClO4S. The molecule has 2 unspecified atom stereocenters. The van der Waals surface area contributed by atoms with Crippen molar-refractivity contribution in [2.24, 2.45) is 0 Å². The van der Waals surface area contributed by atoms with Gasteiger partial charge in [-0.3, -0.25) is 0 Å². The maximum atomic E-state index is 11.5. The van der Waals surface area contributed by atoms with Gasteiger partial charge in [-0.15, -0.1) is 0 Å². The third-order valence-corrected chi connectivity index (χ3v) is 2.80. The summed E-state index contributed by atoms with van der Waals surface area (Å²) in [5.41, 5.74) is 0.754. The van der Waals surface area contributed by atoms with Crippen molar-refractivity contribution in [2.75, 3.05) is 7.11 Å². The number of rotatable bonds is 2. The second-order valence-electron chi connectivity index (χ2n) is 3.40. The van der Waals surface area contributed by atoms with Gasteiger partial charge in [0.2, 0.25) is 6.10 Å². The Kier molecular flexibility index (Phi) is 3.49. The topological polar surface area (TPSA) is 44.8 Å². The van der Waals surface area contributed by atoms with Gasteiger partial charge in [0.15, 0.2) is 6.10 Å². The zero-order valence-electron chi connectivity index (χ0n) is 8.88. The second-order valence-corrected chi connectivity index (χ2v) is 4.17. The normalized spacial score (nSPS) is 22.8. The first-order valence-electron chi connectivity index (χ1n) is 4.82. The Bertz CT molecular complexity index is 445. The van der Waals surface area contributed by atoms with Crippen LogP contribution < -0.4 is 0 Å². The van der Waals surface area contributed by atoms with Gasteiger partial charge in [-0.1, -0.05) is 23.7 Å². The third kappa shape index (κ3) is 2.50. The minimum absolute atomic E-state index is 0.0552. The maximum absolute atomic E-state index is 11.5. The number of thiocarbonyl (C=S) groups is 1. The van der Waals surface area contributed by atoms with E-state index in [1.165, 1.54) is 7.11 Å². The lowest BCUT2D eigenvalue weighted by molar-refractivity contribution is -0.150. The molecule has 0 aromatic heterocycles. The molecule has 17 heavy (non-hydrogen) atoms. The summed E-state index contributed by atoms with van der Waals surface area (Å²) < 4.78 is 15.0. The Morgan fingerprint density at radius 1 is 1.35 bits per heavy atom. The van der Waals surface area contributed by atoms with Crippen molar-refractivity contribution in [3.05, 3.63) is 34.9 Å². The fraction of sp³-hybridized carbons (Fsp3) is 0.273. The van der Waals surface area contributed by atoms with Crippen molar-refractivity contribution in [1.82, 2.24) is 0 Å². The number of hydrogen-bond acceptors (Lipinski definition) is 5. The SMILES string of the molecule is COC(=O)C1OC(=S)OC1c1ccc(Cl)cc1. The lowest BCUT2D eigenvalue weighted by Gasteiger charge is -2.13. The predicted octanol–water partition coefficient (Wildman–Crippen LogP) is 2.25. The molecule has 2 atom stereocenters. The van der Waals surface area contributed by atoms with Crippen molar-refractivity contribution in [3.63, 3.8) is 0 Å². The Labute approximate surface area is 108 Å². The summed E-state index contributed by atoms with van der Waals surface area (Å²) in [7, 11) is 1.28. The molecule has 0 bridgehead atoms. The lowest BCUT2D eigenvalue weighted by atomic mass is 10.0. The molecule has 6 heteroatoms. The van der Waals surface area contributed by atoms with Crippen LogP contribution in [0, 0.1) is 0 Å². The molecular weight excluding hydrogens is 264 g/mol. The minimum Gasteiger partial charge on any atom is -0.466 e. The zero-order valence-corrected chi connectivity index (χ0v) is 10.5. The molecule has 1 fully saturated rings. The first-order valence-corrected chi connectivity index (χ1v) is 5.61. The summed E-state index contributed by atoms with van der Waals surface area (Å²) in [6, 6.07) is 6.91. The van der Waals surface area contributed by atoms with Crippen LogP contribution in [0.15, 0.2) is 24.3 Å². The number of halogens is 1. The van der Waals surface area contributed by atoms with Crippen LogP contribution in [0.4, 0.5) is 0 Å². The highest BCUT2D eigenvalue weighted by Gasteiger charge is 2.41. The van der Waals surface area contributed by atoms with Crippen LogP contribution in [0.5, 0.6) is 0 Å². The number of esters is 1. The van der Waals surface area contributed by atoms with E-state index in [2.05, 4.69) is 4.74 Å². The number of carbonyl (C=O) groups excluding carboxylic acids is 1. The Morgan fingerprint density at radius 2 is 2.00 bits per heavy atom. The van der Waals surface area contributed by atoms with Crippen LogP contribution in [-0.4, -0.2) is 24.4 Å². The van der Waals surface area contributed by atoms with Gasteiger partial charge in [0.1, 0.15) is 0 Å². The summed E-state index contributed by atoms with van der Waals surface area (Å²) in [5, 5.41) is 0.546. The average Bonchev–Trinajstić information content (AvgIpc) is 2.71. The van der Waals surface area contributed by atoms with Crippen molar-refractivity contribution in [1.29, 1.82) is 0 Å². The monoisotopic (exact) mass is 272 g/mol. The molecule has 1 aliphatic heterocycles. The molecule has 4 nitrogen and oxygen atoms in total. The molecule has 0 radical (unpaired) electrons. The van der Waals surface area contributed by atoms with Crippen LogP contribution in [0.1, 0.15) is 11.7 Å². The highest BCUT2D eigenvalue weighted by molar-refractivity contribution is 7.79. The van der Waals surface area contributed by atoms with E-state index in [0.717, 1.165) is 5.56 Å². The number of carbonyl (C=O) groups is 1. The van der Waals surface area contributed by atoms with E-state index in [1.807, 2.05) is 0 Å². The van der Waals surface area contributed by atoms with Gasteiger partial charge in [-0.25, -0.2) is 4.79 Å². The largest absolute Gasteiger partial charge is 0.466 e. The maximum Gasteiger partial charge on any atom is 0.354 e. The van der Waals surface area contributed by atoms with Crippen LogP contribution >= 0.6 is 23.8 Å². The van der Waals surface area contributed by atoms with E-state index in [9.17, 15) is 4.79 Å². The fourth-order valence-corrected chi connectivity index (χ4v) is 1.88. The van der Waals surface area contributed by atoms with Crippen LogP contribution in [0.3, 0.4) is 0 Å². The number of benzene rings is 1. The molecule has 0 saturated carbocycles. The first-order chi connectivity index (χ1) is 8.11. The van der Waals surface area contributed by atoms with E-state index in [4.69, 9.17) is 33.3 Å². The second kappa shape index (κ2) is 4.89. The third-order valence-electron chi connectivity index (χ3n) is 2.35. The molecule has 1 aliphatic rings. The fourth-order valence-electron chi connectivity index (χ4n) is 1.54. The van der Waals surface area contributed by atoms with E-state index in [0.29, 0.717) is 5.02 Å². The van der Waals surface area contributed by atoms with Crippen molar-refractivity contribution in [2.45, 2.75) is 12.2 Å². The van der Waals surface area contributed by atoms with Gasteiger partial charge < -0.3 is 14.2 Å². The van der Waals surface area contributed by atoms with E-state index in [1.54, 1.807) is 24.3 Å². The zero-order chi connectivity index (χ0) is 12.4. The van der Waals surface area contributed by atoms with Crippen LogP contribution in [0.2, 0.25) is 5.02 Å². The van der Waals surface area contributed by atoms with Crippen LogP contribution in [0.25, 0.3) is 0 Å². The summed E-state index contributed by atoms with van der Waals surface area (Å²) in [6.45, 7) is 0. The van der Waals surface area contributed by atoms with Gasteiger partial charge in [0.25, 0.3) is 0 Å². The van der Waals surface area contributed by atoms with Gasteiger partial charge in [0, 0.05) is 17.2 Å². The highest BCUT2D eigenvalue weighted by atomic mass is 35.5. The molecule has 0 N–H and O–H groups in total. The molecule has 1 aromatic carbocycles. The lowest BCUT2D eigenvalue weighted by Crippen LogP contribution is -2.27. The summed E-state index contributed by atoms with van der Waals surface area (Å²) in [4.78, 5) is 11.5. The average molecular weight is 273 g/mol. The molecule has 1 aromatic rings. The first kappa shape index (κ1) is 12.1. The van der Waals surface area contributed by atoms with Gasteiger partial charge in [-0.05, 0) is 17.7 Å². The van der Waals surface area contributed by atoms with Crippen molar-refractivity contribution < 1.29 is 19.0 Å². The summed E-state index contributed by atoms with van der Waals surface area (Å²) >= 11 is 10.6. The number of ether oxygens (including phenoxy) is 3. The van der Waals surface area contributed by atoms with E-state index < -0.39 is 18.2 Å². The van der Waals surface area contributed by atoms with Gasteiger partial charge in [-0.2, -0.15) is 0 Å². The van der Waals surface area contributed by atoms with E-state index in [-0.39, 0.29) is 5.24 Å². The number of methoxy groups -OCH3 is 1. The van der Waals surface area contributed by atoms with E-state index >= 15 is 0 Å². The highest BCUT2D eigenvalue weighted by Crippen LogP contribution is 2.31. The molecule has 2 rings (SSSR count). The molecule has 1 heterocycles. The quantitative estimate of drug-likeness (QED) is 0.610. The van der Waals surface area contributed by atoms with Crippen LogP contribution in [-0.2, 0) is 19.0 Å². The minimum atomic E-state index is -0.867. The van der Waals surface area contributed by atoms with Gasteiger partial charge >= 0.3 is 11.2 Å². The smallest absolute Gasteiger partial charge is 0.354 e. The standard InChI is InChI=1S/C11H9ClO4S/c1-14-10(13)9-8(15-11(17)16-9)6-2-4-7(12)5-3-6/h2-5,8-9H,1H3. The Morgan fingerprint density at radius 3 is 2.59 bits per heavy atom. The molecule has 90 valence electrons.